The first-order chi connectivity index (χ1) is 5.91. The number of hydrogen-bond acceptors (Lipinski definition) is 2. The van der Waals surface area contributed by atoms with Crippen molar-refractivity contribution in [1.29, 1.82) is 0 Å². The van der Waals surface area contributed by atoms with Gasteiger partial charge >= 0.3 is 6.18 Å². The van der Waals surface area contributed by atoms with E-state index >= 15 is 0 Å². The summed E-state index contributed by atoms with van der Waals surface area (Å²) < 4.78 is 35.8. The maximum absolute atomic E-state index is 11.9. The highest BCUT2D eigenvalue weighted by Crippen LogP contribution is 2.26. The topological polar surface area (TPSA) is 56.0 Å². The van der Waals surface area contributed by atoms with E-state index in [9.17, 15) is 18.0 Å². The van der Waals surface area contributed by atoms with Crippen molar-refractivity contribution >= 4 is 18.3 Å². The van der Waals surface area contributed by atoms with Crippen LogP contribution in [0, 0.1) is 0 Å². The Balaban J connectivity index is 0.00000169. The lowest BCUT2D eigenvalue weighted by molar-refractivity contribution is -0.141. The molecule has 0 aliphatic carbocycles. The number of carbonyl (C=O) groups is 1. The van der Waals surface area contributed by atoms with Crippen LogP contribution in [-0.4, -0.2) is 10.9 Å². The highest BCUT2D eigenvalue weighted by atomic mass is 35.5. The largest absolute Gasteiger partial charge is 0.433 e. The number of rotatable bonds is 1. The molecule has 0 aromatic carbocycles. The van der Waals surface area contributed by atoms with Crippen molar-refractivity contribution in [1.82, 2.24) is 4.98 Å². The molecule has 1 rings (SSSR count). The van der Waals surface area contributed by atoms with E-state index in [-0.39, 0.29) is 18.0 Å². The molecule has 2 N–H and O–H groups in total. The lowest BCUT2D eigenvalue weighted by Gasteiger charge is -2.04. The maximum atomic E-state index is 11.9. The molecule has 7 heteroatoms. The average molecular weight is 227 g/mol. The Hall–Kier alpha value is -1.30. The fourth-order valence-corrected chi connectivity index (χ4v) is 0.707. The Bertz CT molecular complexity index is 323. The molecule has 14 heavy (non-hydrogen) atoms. The van der Waals surface area contributed by atoms with Crippen LogP contribution in [0.15, 0.2) is 18.3 Å². The summed E-state index contributed by atoms with van der Waals surface area (Å²) in [7, 11) is 0. The second-order valence-electron chi connectivity index (χ2n) is 2.29. The molecule has 0 aliphatic rings. The molecule has 0 fully saturated rings. The summed E-state index contributed by atoms with van der Waals surface area (Å²) in [6.07, 6.45) is -3.69. The number of halogens is 4. The van der Waals surface area contributed by atoms with Gasteiger partial charge in [0.05, 0.1) is 5.56 Å². The van der Waals surface area contributed by atoms with Crippen molar-refractivity contribution in [2.45, 2.75) is 6.18 Å². The molecular weight excluding hydrogens is 221 g/mol. The van der Waals surface area contributed by atoms with Crippen molar-refractivity contribution in [3.63, 3.8) is 0 Å². The summed E-state index contributed by atoms with van der Waals surface area (Å²) >= 11 is 0. The third-order valence-corrected chi connectivity index (χ3v) is 1.34. The Labute approximate surface area is 83.5 Å². The number of pyridine rings is 1. The maximum Gasteiger partial charge on any atom is 0.433 e. The van der Waals surface area contributed by atoms with Crippen LogP contribution in [0.25, 0.3) is 0 Å². The minimum Gasteiger partial charge on any atom is -0.366 e. The Morgan fingerprint density at radius 2 is 1.93 bits per heavy atom. The van der Waals surface area contributed by atoms with Gasteiger partial charge in [0.25, 0.3) is 0 Å². The van der Waals surface area contributed by atoms with Gasteiger partial charge in [0.1, 0.15) is 5.69 Å². The molecule has 3 nitrogen and oxygen atoms in total. The van der Waals surface area contributed by atoms with E-state index in [2.05, 4.69) is 4.98 Å². The number of alkyl halides is 3. The van der Waals surface area contributed by atoms with Crippen LogP contribution in [0.4, 0.5) is 13.2 Å². The summed E-state index contributed by atoms with van der Waals surface area (Å²) in [5.74, 6) is -0.804. The van der Waals surface area contributed by atoms with Gasteiger partial charge in [0.15, 0.2) is 0 Å². The number of aromatic nitrogens is 1. The molecule has 0 saturated heterocycles. The summed E-state index contributed by atoms with van der Waals surface area (Å²) in [6.45, 7) is 0. The predicted molar refractivity (Wildman–Crippen MR) is 45.0 cm³/mol. The van der Waals surface area contributed by atoms with Gasteiger partial charge in [-0.05, 0) is 12.1 Å². The Kier molecular flexibility index (Phi) is 3.88. The van der Waals surface area contributed by atoms with Crippen molar-refractivity contribution < 1.29 is 18.0 Å². The van der Waals surface area contributed by atoms with E-state index in [0.29, 0.717) is 6.07 Å². The number of nitrogens with zero attached hydrogens (tertiary/aromatic N) is 1. The molecular formula is C7H6ClF3N2O. The second kappa shape index (κ2) is 4.28. The number of primary amides is 1. The van der Waals surface area contributed by atoms with Gasteiger partial charge < -0.3 is 5.73 Å². The van der Waals surface area contributed by atoms with E-state index in [1.807, 2.05) is 0 Å². The SMILES string of the molecule is Cl.NC(=O)c1ccc(C(F)(F)F)nc1. The van der Waals surface area contributed by atoms with Crippen molar-refractivity contribution in [2.24, 2.45) is 5.73 Å². The summed E-state index contributed by atoms with van der Waals surface area (Å²) in [6, 6.07) is 1.69. The van der Waals surface area contributed by atoms with E-state index < -0.39 is 17.8 Å². The van der Waals surface area contributed by atoms with E-state index in [4.69, 9.17) is 5.73 Å². The fraction of sp³-hybridized carbons (Fsp3) is 0.143. The molecule has 0 radical (unpaired) electrons. The lowest BCUT2D eigenvalue weighted by atomic mass is 10.2. The highest BCUT2D eigenvalue weighted by Gasteiger charge is 2.32. The van der Waals surface area contributed by atoms with Crippen LogP contribution in [0.1, 0.15) is 16.1 Å². The number of hydrogen-bond donors (Lipinski definition) is 1. The molecule has 1 amide bonds. The van der Waals surface area contributed by atoms with E-state index in [1.165, 1.54) is 0 Å². The Morgan fingerprint density at radius 1 is 1.36 bits per heavy atom. The van der Waals surface area contributed by atoms with Gasteiger partial charge in [0, 0.05) is 6.20 Å². The monoisotopic (exact) mass is 226 g/mol. The van der Waals surface area contributed by atoms with Gasteiger partial charge in [-0.1, -0.05) is 0 Å². The van der Waals surface area contributed by atoms with Crippen LogP contribution >= 0.6 is 12.4 Å². The standard InChI is InChI=1S/C7H5F3N2O.ClH/c8-7(9,10)5-2-1-4(3-12-5)6(11)13;/h1-3H,(H2,11,13);1H. The quantitative estimate of drug-likeness (QED) is 0.791. The van der Waals surface area contributed by atoms with Crippen molar-refractivity contribution in [3.05, 3.63) is 29.6 Å². The van der Waals surface area contributed by atoms with Crippen LogP contribution in [-0.2, 0) is 6.18 Å². The molecule has 0 saturated carbocycles. The molecule has 0 spiro atoms. The average Bonchev–Trinajstić information content (AvgIpc) is 2.03. The highest BCUT2D eigenvalue weighted by molar-refractivity contribution is 5.92. The van der Waals surface area contributed by atoms with Gasteiger partial charge in [-0.15, -0.1) is 12.4 Å². The second-order valence-corrected chi connectivity index (χ2v) is 2.29. The van der Waals surface area contributed by atoms with Crippen LogP contribution in [0.5, 0.6) is 0 Å². The van der Waals surface area contributed by atoms with Gasteiger partial charge in [-0.2, -0.15) is 13.2 Å². The molecule has 0 unspecified atom stereocenters. The van der Waals surface area contributed by atoms with Gasteiger partial charge in [-0.25, -0.2) is 0 Å². The Morgan fingerprint density at radius 3 is 2.21 bits per heavy atom. The van der Waals surface area contributed by atoms with E-state index in [1.54, 1.807) is 0 Å². The first-order valence-corrected chi connectivity index (χ1v) is 3.24. The molecule has 78 valence electrons. The summed E-state index contributed by atoms with van der Waals surface area (Å²) in [5.41, 5.74) is 3.72. The predicted octanol–water partition coefficient (Wildman–Crippen LogP) is 1.62. The zero-order valence-electron chi connectivity index (χ0n) is 6.71. The fourth-order valence-electron chi connectivity index (χ4n) is 0.707. The molecule has 0 bridgehead atoms. The van der Waals surface area contributed by atoms with Gasteiger partial charge in [-0.3, -0.25) is 9.78 Å². The third kappa shape index (κ3) is 2.88. The summed E-state index contributed by atoms with van der Waals surface area (Å²) in [5, 5.41) is 0. The first-order valence-electron chi connectivity index (χ1n) is 3.24. The zero-order chi connectivity index (χ0) is 10.1. The number of nitrogens with two attached hydrogens (primary N) is 1. The molecule has 0 atom stereocenters. The molecule has 0 aliphatic heterocycles. The van der Waals surface area contributed by atoms with E-state index in [0.717, 1.165) is 12.3 Å². The van der Waals surface area contributed by atoms with Crippen LogP contribution in [0.2, 0.25) is 0 Å². The number of carbonyl (C=O) groups excluding carboxylic acids is 1. The molecule has 1 aromatic heterocycles. The van der Waals surface area contributed by atoms with Crippen molar-refractivity contribution in [3.8, 4) is 0 Å². The third-order valence-electron chi connectivity index (χ3n) is 1.34. The van der Waals surface area contributed by atoms with Crippen LogP contribution in [0.3, 0.4) is 0 Å². The summed E-state index contributed by atoms with van der Waals surface area (Å²) in [4.78, 5) is 13.5. The normalized spacial score (nSPS) is 10.5. The smallest absolute Gasteiger partial charge is 0.366 e. The minimum atomic E-state index is -4.49. The molecule has 1 aromatic rings. The minimum absolute atomic E-state index is 0. The molecule has 1 heterocycles. The van der Waals surface area contributed by atoms with Crippen molar-refractivity contribution in [2.75, 3.05) is 0 Å². The zero-order valence-corrected chi connectivity index (χ0v) is 7.52. The first kappa shape index (κ1) is 12.7. The lowest BCUT2D eigenvalue weighted by Crippen LogP contribution is -2.13. The number of amides is 1. The van der Waals surface area contributed by atoms with Gasteiger partial charge in [0.2, 0.25) is 5.91 Å². The van der Waals surface area contributed by atoms with Crippen LogP contribution < -0.4 is 5.73 Å².